The quantitative estimate of drug-likeness (QED) is 0.778. The van der Waals surface area contributed by atoms with Crippen LogP contribution >= 0.6 is 0 Å². The summed E-state index contributed by atoms with van der Waals surface area (Å²) >= 11 is 0. The second-order valence-corrected chi connectivity index (χ2v) is 6.53. The molecule has 0 amide bonds. The van der Waals surface area contributed by atoms with Gasteiger partial charge in [0.25, 0.3) is 0 Å². The lowest BCUT2D eigenvalue weighted by atomic mass is 9.69. The van der Waals surface area contributed by atoms with E-state index in [1.165, 1.54) is 44.9 Å². The number of hydrogen-bond acceptors (Lipinski definition) is 3. The Kier molecular flexibility index (Phi) is 3.65. The summed E-state index contributed by atoms with van der Waals surface area (Å²) in [6.07, 6.45) is 9.57. The second-order valence-electron chi connectivity index (χ2n) is 6.53. The summed E-state index contributed by atoms with van der Waals surface area (Å²) in [6.45, 7) is 4.17. The van der Waals surface area contributed by atoms with Crippen molar-refractivity contribution in [3.8, 4) is 6.07 Å². The Morgan fingerprint density at radius 2 is 1.90 bits per heavy atom. The summed E-state index contributed by atoms with van der Waals surface area (Å²) in [5.74, 6) is 0.997. The molecule has 1 aliphatic carbocycles. The van der Waals surface area contributed by atoms with Crippen LogP contribution in [-0.2, 0) is 0 Å². The molecule has 1 aromatic heterocycles. The van der Waals surface area contributed by atoms with Crippen molar-refractivity contribution in [3.05, 3.63) is 23.4 Å². The van der Waals surface area contributed by atoms with Gasteiger partial charge in [0.1, 0.15) is 17.6 Å². The minimum absolute atomic E-state index is 0.524. The molecule has 1 spiro atoms. The molecule has 0 aromatic carbocycles. The van der Waals surface area contributed by atoms with Crippen LogP contribution in [0.25, 0.3) is 0 Å². The van der Waals surface area contributed by atoms with E-state index >= 15 is 0 Å². The summed E-state index contributed by atoms with van der Waals surface area (Å²) in [5, 5.41) is 9.15. The van der Waals surface area contributed by atoms with Crippen LogP contribution in [0, 0.1) is 23.7 Å². The largest absolute Gasteiger partial charge is 0.356 e. The molecule has 2 aliphatic rings. The Morgan fingerprint density at radius 3 is 2.65 bits per heavy atom. The first-order chi connectivity index (χ1) is 9.72. The zero-order valence-corrected chi connectivity index (χ0v) is 12.4. The van der Waals surface area contributed by atoms with Crippen LogP contribution in [0.2, 0.25) is 0 Å². The Bertz CT molecular complexity index is 518. The Balaban J connectivity index is 1.81. The lowest BCUT2D eigenvalue weighted by molar-refractivity contribution is 0.155. The summed E-state index contributed by atoms with van der Waals surface area (Å²) in [5.41, 5.74) is 2.07. The highest BCUT2D eigenvalue weighted by molar-refractivity contribution is 5.45. The van der Waals surface area contributed by atoms with Gasteiger partial charge in [0.05, 0.1) is 0 Å². The van der Waals surface area contributed by atoms with Gasteiger partial charge in [0.2, 0.25) is 0 Å². The molecule has 1 saturated heterocycles. The normalized spacial score (nSPS) is 21.7. The minimum atomic E-state index is 0.524. The molecule has 0 radical (unpaired) electrons. The molecular formula is C17H23N3. The van der Waals surface area contributed by atoms with Gasteiger partial charge < -0.3 is 4.90 Å². The van der Waals surface area contributed by atoms with Gasteiger partial charge in [-0.1, -0.05) is 25.3 Å². The van der Waals surface area contributed by atoms with E-state index in [9.17, 15) is 0 Å². The standard InChI is InChI=1S/C17H23N3/c1-14-6-7-16(19-15(14)12-18)20-11-5-10-17(13-20)8-3-2-4-9-17/h6-7H,2-5,8-11,13H2,1H3. The van der Waals surface area contributed by atoms with E-state index in [4.69, 9.17) is 5.26 Å². The van der Waals surface area contributed by atoms with Crippen LogP contribution < -0.4 is 4.90 Å². The second kappa shape index (κ2) is 5.44. The van der Waals surface area contributed by atoms with Crippen molar-refractivity contribution in [2.24, 2.45) is 5.41 Å². The van der Waals surface area contributed by atoms with E-state index < -0.39 is 0 Å². The predicted octanol–water partition coefficient (Wildman–Crippen LogP) is 3.81. The lowest BCUT2D eigenvalue weighted by Crippen LogP contribution is -2.44. The number of nitriles is 1. The fourth-order valence-electron chi connectivity index (χ4n) is 3.92. The first-order valence-electron chi connectivity index (χ1n) is 7.85. The molecule has 106 valence electrons. The summed E-state index contributed by atoms with van der Waals surface area (Å²) < 4.78 is 0. The molecule has 1 saturated carbocycles. The number of hydrogen-bond donors (Lipinski definition) is 0. The number of rotatable bonds is 1. The van der Waals surface area contributed by atoms with Crippen LogP contribution in [0.1, 0.15) is 56.2 Å². The molecule has 3 nitrogen and oxygen atoms in total. The first kappa shape index (κ1) is 13.4. The smallest absolute Gasteiger partial charge is 0.145 e. The van der Waals surface area contributed by atoms with Crippen LogP contribution in [0.3, 0.4) is 0 Å². The van der Waals surface area contributed by atoms with Crippen LogP contribution in [0.15, 0.2) is 12.1 Å². The fraction of sp³-hybridized carbons (Fsp3) is 0.647. The molecule has 2 heterocycles. The average molecular weight is 269 g/mol. The van der Waals surface area contributed by atoms with Crippen molar-refractivity contribution in [2.75, 3.05) is 18.0 Å². The van der Waals surface area contributed by atoms with Crippen LogP contribution in [-0.4, -0.2) is 18.1 Å². The molecule has 20 heavy (non-hydrogen) atoms. The van der Waals surface area contributed by atoms with E-state index in [1.54, 1.807) is 0 Å². The van der Waals surface area contributed by atoms with Gasteiger partial charge in [0, 0.05) is 13.1 Å². The number of nitrogens with zero attached hydrogens (tertiary/aromatic N) is 3. The highest BCUT2D eigenvalue weighted by Crippen LogP contribution is 2.43. The third kappa shape index (κ3) is 2.52. The van der Waals surface area contributed by atoms with Crippen molar-refractivity contribution in [1.82, 2.24) is 4.98 Å². The maximum absolute atomic E-state index is 9.15. The topological polar surface area (TPSA) is 39.9 Å². The third-order valence-corrected chi connectivity index (χ3v) is 5.09. The van der Waals surface area contributed by atoms with Gasteiger partial charge in [-0.2, -0.15) is 5.26 Å². The van der Waals surface area contributed by atoms with Gasteiger partial charge in [-0.15, -0.1) is 0 Å². The number of aryl methyl sites for hydroxylation is 1. The van der Waals surface area contributed by atoms with E-state index in [2.05, 4.69) is 22.0 Å². The number of anilines is 1. The number of piperidine rings is 1. The molecule has 0 bridgehead atoms. The van der Waals surface area contributed by atoms with E-state index in [-0.39, 0.29) is 0 Å². The molecule has 1 aromatic rings. The zero-order valence-electron chi connectivity index (χ0n) is 12.4. The summed E-state index contributed by atoms with van der Waals surface area (Å²) in [6, 6.07) is 6.32. The fourth-order valence-corrected chi connectivity index (χ4v) is 3.92. The molecule has 3 rings (SSSR count). The minimum Gasteiger partial charge on any atom is -0.356 e. The van der Waals surface area contributed by atoms with Crippen molar-refractivity contribution in [3.63, 3.8) is 0 Å². The zero-order chi connectivity index (χ0) is 14.0. The van der Waals surface area contributed by atoms with Crippen molar-refractivity contribution < 1.29 is 0 Å². The van der Waals surface area contributed by atoms with E-state index in [1.807, 2.05) is 13.0 Å². The van der Waals surface area contributed by atoms with Crippen molar-refractivity contribution in [1.29, 1.82) is 5.26 Å². The van der Waals surface area contributed by atoms with Crippen LogP contribution in [0.5, 0.6) is 0 Å². The third-order valence-electron chi connectivity index (χ3n) is 5.09. The molecular weight excluding hydrogens is 246 g/mol. The van der Waals surface area contributed by atoms with Gasteiger partial charge in [-0.05, 0) is 49.7 Å². The van der Waals surface area contributed by atoms with Gasteiger partial charge in [-0.3, -0.25) is 0 Å². The van der Waals surface area contributed by atoms with Crippen LogP contribution in [0.4, 0.5) is 5.82 Å². The molecule has 3 heteroatoms. The Hall–Kier alpha value is -1.56. The number of aromatic nitrogens is 1. The first-order valence-corrected chi connectivity index (χ1v) is 7.85. The molecule has 0 atom stereocenters. The van der Waals surface area contributed by atoms with E-state index in [0.29, 0.717) is 11.1 Å². The summed E-state index contributed by atoms with van der Waals surface area (Å²) in [4.78, 5) is 6.97. The highest BCUT2D eigenvalue weighted by Gasteiger charge is 2.36. The lowest BCUT2D eigenvalue weighted by Gasteiger charge is -2.45. The number of pyridine rings is 1. The van der Waals surface area contributed by atoms with Gasteiger partial charge in [-0.25, -0.2) is 4.98 Å². The van der Waals surface area contributed by atoms with Gasteiger partial charge in [0.15, 0.2) is 0 Å². The molecule has 0 N–H and O–H groups in total. The summed E-state index contributed by atoms with van der Waals surface area (Å²) in [7, 11) is 0. The maximum atomic E-state index is 9.15. The predicted molar refractivity (Wildman–Crippen MR) is 80.7 cm³/mol. The van der Waals surface area contributed by atoms with Crippen molar-refractivity contribution >= 4 is 5.82 Å². The van der Waals surface area contributed by atoms with Gasteiger partial charge >= 0.3 is 0 Å². The molecule has 1 aliphatic heterocycles. The highest BCUT2D eigenvalue weighted by atomic mass is 15.2. The SMILES string of the molecule is Cc1ccc(N2CCCC3(CCCCC3)C2)nc1C#N. The monoisotopic (exact) mass is 269 g/mol. The average Bonchev–Trinajstić information content (AvgIpc) is 2.48. The Labute approximate surface area is 121 Å². The maximum Gasteiger partial charge on any atom is 0.145 e. The molecule has 2 fully saturated rings. The Morgan fingerprint density at radius 1 is 1.15 bits per heavy atom. The van der Waals surface area contributed by atoms with Crippen molar-refractivity contribution in [2.45, 2.75) is 51.9 Å². The molecule has 0 unspecified atom stereocenters. The van der Waals surface area contributed by atoms with E-state index in [0.717, 1.165) is 24.5 Å².